The molecule has 0 aromatic carbocycles. The molecule has 112 valence electrons. The van der Waals surface area contributed by atoms with Gasteiger partial charge in [0.25, 0.3) is 0 Å². The second-order valence-corrected chi connectivity index (χ2v) is 5.68. The predicted molar refractivity (Wildman–Crippen MR) is 76.2 cm³/mol. The number of aromatic nitrogens is 2. The highest BCUT2D eigenvalue weighted by Crippen LogP contribution is 2.10. The highest BCUT2D eigenvalue weighted by atomic mass is 16.5. The van der Waals surface area contributed by atoms with Crippen LogP contribution in [0, 0.1) is 11.8 Å². The number of urea groups is 1. The van der Waals surface area contributed by atoms with Crippen LogP contribution in [0.2, 0.25) is 0 Å². The Bertz CT molecular complexity index is 425. The molecule has 1 fully saturated rings. The van der Waals surface area contributed by atoms with Crippen LogP contribution < -0.4 is 10.6 Å². The summed E-state index contributed by atoms with van der Waals surface area (Å²) in [6.07, 6.45) is 4.75. The summed E-state index contributed by atoms with van der Waals surface area (Å²) in [7, 11) is 0. The largest absolute Gasteiger partial charge is 0.381 e. The monoisotopic (exact) mass is 280 g/mol. The molecule has 1 aliphatic rings. The van der Waals surface area contributed by atoms with Crippen molar-refractivity contribution in [1.82, 2.24) is 20.2 Å². The van der Waals surface area contributed by atoms with E-state index in [1.54, 1.807) is 6.20 Å². The molecule has 1 aliphatic heterocycles. The van der Waals surface area contributed by atoms with E-state index in [-0.39, 0.29) is 6.03 Å². The molecule has 0 unspecified atom stereocenters. The van der Waals surface area contributed by atoms with Gasteiger partial charge in [-0.25, -0.2) is 9.78 Å². The number of carbonyl (C=O) groups is 1. The molecular weight excluding hydrogens is 256 g/mol. The molecule has 1 aromatic heterocycles. The molecular formula is C14H24N4O2. The van der Waals surface area contributed by atoms with Crippen molar-refractivity contribution in [3.05, 3.63) is 18.2 Å². The maximum Gasteiger partial charge on any atom is 0.315 e. The first-order valence-corrected chi connectivity index (χ1v) is 7.24. The molecule has 0 aliphatic carbocycles. The lowest BCUT2D eigenvalue weighted by Crippen LogP contribution is -2.38. The van der Waals surface area contributed by atoms with E-state index in [1.165, 1.54) is 0 Å². The fourth-order valence-corrected chi connectivity index (χ4v) is 2.27. The Hall–Kier alpha value is -1.56. The molecule has 2 amide bonds. The quantitative estimate of drug-likeness (QED) is 0.827. The number of nitrogens with one attached hydrogen (secondary N) is 2. The van der Waals surface area contributed by atoms with Gasteiger partial charge >= 0.3 is 6.03 Å². The van der Waals surface area contributed by atoms with Crippen LogP contribution in [0.3, 0.4) is 0 Å². The van der Waals surface area contributed by atoms with Gasteiger partial charge in [-0.1, -0.05) is 13.8 Å². The van der Waals surface area contributed by atoms with Crippen molar-refractivity contribution in [1.29, 1.82) is 0 Å². The topological polar surface area (TPSA) is 68.2 Å². The van der Waals surface area contributed by atoms with Gasteiger partial charge in [0.2, 0.25) is 0 Å². The number of amides is 2. The van der Waals surface area contributed by atoms with E-state index >= 15 is 0 Å². The molecule has 0 radical (unpaired) electrons. The van der Waals surface area contributed by atoms with E-state index in [9.17, 15) is 4.79 Å². The number of nitrogens with zero attached hydrogens (tertiary/aromatic N) is 2. The molecule has 20 heavy (non-hydrogen) atoms. The van der Waals surface area contributed by atoms with E-state index in [2.05, 4.69) is 34.0 Å². The summed E-state index contributed by atoms with van der Waals surface area (Å²) >= 11 is 0. The minimum absolute atomic E-state index is 0.143. The van der Waals surface area contributed by atoms with Crippen LogP contribution in [0.25, 0.3) is 0 Å². The fourth-order valence-electron chi connectivity index (χ4n) is 2.27. The van der Waals surface area contributed by atoms with Crippen molar-refractivity contribution in [3.8, 4) is 0 Å². The van der Waals surface area contributed by atoms with Crippen LogP contribution in [0.5, 0.6) is 0 Å². The Balaban J connectivity index is 1.71. The Morgan fingerprint density at radius 2 is 2.40 bits per heavy atom. The smallest absolute Gasteiger partial charge is 0.315 e. The van der Waals surface area contributed by atoms with Crippen LogP contribution >= 0.6 is 0 Å². The normalized spacial score (nSPS) is 18.4. The van der Waals surface area contributed by atoms with Crippen LogP contribution in [-0.4, -0.2) is 35.3 Å². The molecule has 0 spiro atoms. The van der Waals surface area contributed by atoms with Gasteiger partial charge in [-0.15, -0.1) is 0 Å². The summed E-state index contributed by atoms with van der Waals surface area (Å²) in [5.74, 6) is 1.89. The van der Waals surface area contributed by atoms with Crippen molar-refractivity contribution in [2.75, 3.05) is 19.8 Å². The molecule has 0 saturated carbocycles. The first-order valence-electron chi connectivity index (χ1n) is 7.24. The van der Waals surface area contributed by atoms with E-state index in [1.807, 2.05) is 6.20 Å². The SMILES string of the molecule is CC(C)Cn1ccnc1CNC(=O)NC[C@H]1CCOC1. The lowest BCUT2D eigenvalue weighted by atomic mass is 10.1. The second-order valence-electron chi connectivity index (χ2n) is 5.68. The number of hydrogen-bond acceptors (Lipinski definition) is 3. The third-order valence-corrected chi connectivity index (χ3v) is 3.35. The summed E-state index contributed by atoms with van der Waals surface area (Å²) in [5, 5.41) is 5.73. The number of rotatable bonds is 6. The molecule has 2 N–H and O–H groups in total. The van der Waals surface area contributed by atoms with Crippen LogP contribution in [-0.2, 0) is 17.8 Å². The number of imidazole rings is 1. The Morgan fingerprint density at radius 1 is 1.55 bits per heavy atom. The zero-order valence-electron chi connectivity index (χ0n) is 12.3. The van der Waals surface area contributed by atoms with E-state index in [0.717, 1.165) is 32.0 Å². The van der Waals surface area contributed by atoms with Gasteiger partial charge < -0.3 is 19.9 Å². The molecule has 6 heteroatoms. The van der Waals surface area contributed by atoms with Crippen molar-refractivity contribution < 1.29 is 9.53 Å². The summed E-state index contributed by atoms with van der Waals surface area (Å²) in [5.41, 5.74) is 0. The third kappa shape index (κ3) is 4.52. The second kappa shape index (κ2) is 7.28. The first-order chi connectivity index (χ1) is 9.65. The Kier molecular flexibility index (Phi) is 5.40. The van der Waals surface area contributed by atoms with E-state index in [0.29, 0.717) is 24.9 Å². The average Bonchev–Trinajstić information content (AvgIpc) is 3.04. The summed E-state index contributed by atoms with van der Waals surface area (Å²) in [6, 6.07) is -0.143. The Morgan fingerprint density at radius 3 is 3.10 bits per heavy atom. The molecule has 1 atom stereocenters. The minimum Gasteiger partial charge on any atom is -0.381 e. The van der Waals surface area contributed by atoms with Gasteiger partial charge in [-0.2, -0.15) is 0 Å². The minimum atomic E-state index is -0.143. The zero-order chi connectivity index (χ0) is 14.4. The summed E-state index contributed by atoms with van der Waals surface area (Å²) < 4.78 is 7.35. The number of hydrogen-bond donors (Lipinski definition) is 2. The Labute approximate surface area is 119 Å². The lowest BCUT2D eigenvalue weighted by molar-refractivity contribution is 0.185. The van der Waals surface area contributed by atoms with Gasteiger partial charge in [-0.3, -0.25) is 0 Å². The third-order valence-electron chi connectivity index (χ3n) is 3.35. The molecule has 1 aromatic rings. The molecule has 2 rings (SSSR count). The first kappa shape index (κ1) is 14.8. The van der Waals surface area contributed by atoms with E-state index in [4.69, 9.17) is 4.74 Å². The van der Waals surface area contributed by atoms with Gasteiger partial charge in [-0.05, 0) is 12.3 Å². The molecule has 2 heterocycles. The van der Waals surface area contributed by atoms with Crippen LogP contribution in [0.15, 0.2) is 12.4 Å². The summed E-state index contributed by atoms with van der Waals surface area (Å²) in [4.78, 5) is 16.0. The van der Waals surface area contributed by atoms with Gasteiger partial charge in [0.15, 0.2) is 0 Å². The average molecular weight is 280 g/mol. The standard InChI is InChI=1S/C14H24N4O2/c1-11(2)9-18-5-4-15-13(18)8-17-14(19)16-7-12-3-6-20-10-12/h4-5,11-12H,3,6-10H2,1-2H3,(H2,16,17,19)/t12-/m1/s1. The highest BCUT2D eigenvalue weighted by Gasteiger charge is 2.16. The maximum absolute atomic E-state index is 11.7. The lowest BCUT2D eigenvalue weighted by Gasteiger charge is -2.12. The number of carbonyl (C=O) groups excluding carboxylic acids is 1. The van der Waals surface area contributed by atoms with Crippen molar-refractivity contribution in [2.24, 2.45) is 11.8 Å². The zero-order valence-corrected chi connectivity index (χ0v) is 12.3. The van der Waals surface area contributed by atoms with E-state index < -0.39 is 0 Å². The van der Waals surface area contributed by atoms with Gasteiger partial charge in [0, 0.05) is 38.0 Å². The fraction of sp³-hybridized carbons (Fsp3) is 0.714. The van der Waals surface area contributed by atoms with Gasteiger partial charge in [0.1, 0.15) is 5.82 Å². The van der Waals surface area contributed by atoms with Crippen LogP contribution in [0.4, 0.5) is 4.79 Å². The molecule has 0 bridgehead atoms. The van der Waals surface area contributed by atoms with Crippen molar-refractivity contribution >= 4 is 6.03 Å². The van der Waals surface area contributed by atoms with Crippen molar-refractivity contribution in [3.63, 3.8) is 0 Å². The number of ether oxygens (including phenoxy) is 1. The van der Waals surface area contributed by atoms with Crippen LogP contribution in [0.1, 0.15) is 26.1 Å². The summed E-state index contributed by atoms with van der Waals surface area (Å²) in [6.45, 7) is 7.91. The molecule has 1 saturated heterocycles. The highest BCUT2D eigenvalue weighted by molar-refractivity contribution is 5.73. The van der Waals surface area contributed by atoms with Gasteiger partial charge in [0.05, 0.1) is 13.2 Å². The van der Waals surface area contributed by atoms with Crippen molar-refractivity contribution in [2.45, 2.75) is 33.4 Å². The maximum atomic E-state index is 11.7. The molecule has 6 nitrogen and oxygen atoms in total. The predicted octanol–water partition coefficient (Wildman–Crippen LogP) is 1.37.